The van der Waals surface area contributed by atoms with Crippen LogP contribution in [0.2, 0.25) is 5.02 Å². The van der Waals surface area contributed by atoms with Crippen molar-refractivity contribution in [1.82, 2.24) is 25.0 Å². The summed E-state index contributed by atoms with van der Waals surface area (Å²) < 4.78 is 0. The van der Waals surface area contributed by atoms with Crippen LogP contribution in [-0.4, -0.2) is 58.2 Å². The van der Waals surface area contributed by atoms with E-state index in [-0.39, 0.29) is 0 Å². The minimum absolute atomic E-state index is 0.482. The van der Waals surface area contributed by atoms with Crippen LogP contribution in [0.5, 0.6) is 0 Å². The second-order valence-corrected chi connectivity index (χ2v) is 9.77. The zero-order valence-corrected chi connectivity index (χ0v) is 22.6. The fraction of sp³-hybridized carbons (Fsp3) is 0.345. The lowest BCUT2D eigenvalue weighted by Gasteiger charge is -2.23. The molecule has 0 bridgehead atoms. The monoisotopic (exact) mass is 502 g/mol. The first kappa shape index (κ1) is 26.0. The molecule has 1 N–H and O–H groups in total. The number of likely N-dealkylation sites (N-methyl/N-ethyl adjacent to an activating group) is 2. The third kappa shape index (κ3) is 6.38. The minimum atomic E-state index is 0.482. The smallest absolute Gasteiger partial charge is 0.247 e. The Morgan fingerprint density at radius 1 is 0.889 bits per heavy atom. The van der Waals surface area contributed by atoms with E-state index in [9.17, 15) is 0 Å². The van der Waals surface area contributed by atoms with Gasteiger partial charge in [-0.1, -0.05) is 49.2 Å². The first-order valence-corrected chi connectivity index (χ1v) is 12.9. The molecule has 0 unspecified atom stereocenters. The summed E-state index contributed by atoms with van der Waals surface area (Å²) in [5.74, 6) is 0.482. The van der Waals surface area contributed by atoms with Gasteiger partial charge in [-0.25, -0.2) is 4.98 Å². The molecule has 0 aliphatic heterocycles. The molecule has 6 nitrogen and oxygen atoms in total. The highest BCUT2D eigenvalue weighted by Crippen LogP contribution is 2.32. The molecule has 7 heteroatoms. The van der Waals surface area contributed by atoms with Crippen LogP contribution in [0.25, 0.3) is 22.2 Å². The van der Waals surface area contributed by atoms with Crippen LogP contribution in [0, 0.1) is 13.8 Å². The lowest BCUT2D eigenvalue weighted by molar-refractivity contribution is 0.236. The summed E-state index contributed by atoms with van der Waals surface area (Å²) in [5, 5.41) is 12.8. The summed E-state index contributed by atoms with van der Waals surface area (Å²) in [7, 11) is 2.17. The number of benzene rings is 3. The predicted molar refractivity (Wildman–Crippen MR) is 151 cm³/mol. The summed E-state index contributed by atoms with van der Waals surface area (Å²) >= 11 is 6.46. The average molecular weight is 503 g/mol. The Labute approximate surface area is 219 Å². The zero-order chi connectivity index (χ0) is 25.7. The Hall–Kier alpha value is -3.06. The number of rotatable bonds is 10. The second-order valence-electron chi connectivity index (χ2n) is 9.37. The van der Waals surface area contributed by atoms with Crippen LogP contribution in [-0.2, 0) is 6.54 Å². The average Bonchev–Trinajstić information content (AvgIpc) is 2.87. The van der Waals surface area contributed by atoms with Gasteiger partial charge in [0, 0.05) is 35.9 Å². The van der Waals surface area contributed by atoms with Crippen molar-refractivity contribution in [3.8, 4) is 11.1 Å². The van der Waals surface area contributed by atoms with Gasteiger partial charge in [-0.05, 0) is 87.1 Å². The Bertz CT molecular complexity index is 1320. The lowest BCUT2D eigenvalue weighted by Crippen LogP contribution is -2.32. The van der Waals surface area contributed by atoms with Gasteiger partial charge in [0.2, 0.25) is 5.95 Å². The summed E-state index contributed by atoms with van der Waals surface area (Å²) in [6.07, 6.45) is 0. The molecule has 0 amide bonds. The molecule has 0 aliphatic rings. The van der Waals surface area contributed by atoms with Gasteiger partial charge in [0.1, 0.15) is 5.52 Å². The van der Waals surface area contributed by atoms with Gasteiger partial charge >= 0.3 is 0 Å². The molecule has 1 heterocycles. The normalized spacial score (nSPS) is 11.6. The molecule has 0 saturated carbocycles. The van der Waals surface area contributed by atoms with E-state index in [4.69, 9.17) is 16.6 Å². The van der Waals surface area contributed by atoms with E-state index in [1.54, 1.807) is 0 Å². The van der Waals surface area contributed by atoms with Crippen LogP contribution in [0.3, 0.4) is 0 Å². The number of aromatic nitrogens is 3. The molecule has 0 aliphatic carbocycles. The van der Waals surface area contributed by atoms with Gasteiger partial charge in [-0.15, -0.1) is 10.2 Å². The molecule has 4 rings (SSSR count). The maximum absolute atomic E-state index is 6.46. The van der Waals surface area contributed by atoms with E-state index in [0.29, 0.717) is 5.95 Å². The summed E-state index contributed by atoms with van der Waals surface area (Å²) in [5.41, 5.74) is 7.98. The molecule has 0 fully saturated rings. The molecular weight excluding hydrogens is 468 g/mol. The van der Waals surface area contributed by atoms with Crippen LogP contribution in [0.1, 0.15) is 30.5 Å². The number of fused-ring (bicyclic) bond motifs is 1. The van der Waals surface area contributed by atoms with Crippen molar-refractivity contribution in [2.45, 2.75) is 34.2 Å². The number of halogens is 1. The summed E-state index contributed by atoms with van der Waals surface area (Å²) in [4.78, 5) is 9.55. The second kappa shape index (κ2) is 11.8. The molecule has 3 aromatic carbocycles. The molecule has 0 spiro atoms. The highest BCUT2D eigenvalue weighted by atomic mass is 35.5. The molecule has 1 aromatic heterocycles. The van der Waals surface area contributed by atoms with Crippen molar-refractivity contribution >= 4 is 34.3 Å². The van der Waals surface area contributed by atoms with Crippen molar-refractivity contribution in [3.05, 3.63) is 76.3 Å². The first-order valence-electron chi connectivity index (χ1n) is 12.5. The number of hydrogen-bond donors (Lipinski definition) is 1. The number of aryl methyl sites for hydroxylation is 2. The summed E-state index contributed by atoms with van der Waals surface area (Å²) in [6, 6.07) is 18.6. The largest absolute Gasteiger partial charge is 0.323 e. The molecule has 0 radical (unpaired) electrons. The lowest BCUT2D eigenvalue weighted by atomic mass is 10.0. The van der Waals surface area contributed by atoms with Crippen molar-refractivity contribution in [2.75, 3.05) is 38.5 Å². The molecule has 0 saturated heterocycles. The van der Waals surface area contributed by atoms with E-state index < -0.39 is 0 Å². The van der Waals surface area contributed by atoms with E-state index in [2.05, 4.69) is 89.5 Å². The van der Waals surface area contributed by atoms with Crippen molar-refractivity contribution in [1.29, 1.82) is 0 Å². The van der Waals surface area contributed by atoms with Crippen LogP contribution in [0.15, 0.2) is 54.6 Å². The minimum Gasteiger partial charge on any atom is -0.323 e. The molecule has 188 valence electrons. The highest BCUT2D eigenvalue weighted by Gasteiger charge is 2.11. The fourth-order valence-electron chi connectivity index (χ4n) is 4.35. The van der Waals surface area contributed by atoms with E-state index in [0.717, 1.165) is 76.7 Å². The third-order valence-electron chi connectivity index (χ3n) is 6.54. The van der Waals surface area contributed by atoms with Crippen molar-refractivity contribution < 1.29 is 0 Å². The van der Waals surface area contributed by atoms with Crippen molar-refractivity contribution in [2.24, 2.45) is 0 Å². The van der Waals surface area contributed by atoms with E-state index >= 15 is 0 Å². The first-order chi connectivity index (χ1) is 17.4. The van der Waals surface area contributed by atoms with E-state index in [1.807, 2.05) is 25.1 Å². The van der Waals surface area contributed by atoms with Crippen LogP contribution < -0.4 is 5.32 Å². The molecule has 0 atom stereocenters. The summed E-state index contributed by atoms with van der Waals surface area (Å²) in [6.45, 7) is 13.8. The van der Waals surface area contributed by atoms with Gasteiger partial charge in [0.25, 0.3) is 0 Å². The number of anilines is 2. The fourth-order valence-corrected chi connectivity index (χ4v) is 4.57. The molecule has 36 heavy (non-hydrogen) atoms. The van der Waals surface area contributed by atoms with Gasteiger partial charge in [-0.3, -0.25) is 0 Å². The third-order valence-corrected chi connectivity index (χ3v) is 6.87. The number of nitrogens with one attached hydrogen (secondary N) is 1. The number of hydrogen-bond acceptors (Lipinski definition) is 6. The predicted octanol–water partition coefficient (Wildman–Crippen LogP) is 6.48. The van der Waals surface area contributed by atoms with Gasteiger partial charge < -0.3 is 15.1 Å². The Morgan fingerprint density at radius 3 is 2.36 bits per heavy atom. The van der Waals surface area contributed by atoms with Crippen molar-refractivity contribution in [3.63, 3.8) is 0 Å². The Morgan fingerprint density at radius 2 is 1.64 bits per heavy atom. The quantitative estimate of drug-likeness (QED) is 0.268. The van der Waals surface area contributed by atoms with Crippen LogP contribution in [0.4, 0.5) is 11.6 Å². The highest BCUT2D eigenvalue weighted by molar-refractivity contribution is 6.33. The topological polar surface area (TPSA) is 57.2 Å². The van der Waals surface area contributed by atoms with E-state index in [1.165, 1.54) is 5.56 Å². The molecular formula is C29H35ClN6. The van der Waals surface area contributed by atoms with Gasteiger partial charge in [-0.2, -0.15) is 0 Å². The van der Waals surface area contributed by atoms with Gasteiger partial charge in [0.15, 0.2) is 0 Å². The molecule has 4 aromatic rings. The maximum atomic E-state index is 6.46. The Balaban J connectivity index is 1.45. The van der Waals surface area contributed by atoms with Crippen LogP contribution >= 0.6 is 11.6 Å². The zero-order valence-electron chi connectivity index (χ0n) is 21.8. The van der Waals surface area contributed by atoms with Gasteiger partial charge in [0.05, 0.1) is 5.52 Å². The maximum Gasteiger partial charge on any atom is 0.247 e. The SMILES string of the molecule is CCN(CC)CCN(C)Cc1ccc(Nc2nnc3cc(-c4cc(C)ccc4Cl)cc(C)c3n2)cc1. The Kier molecular flexibility index (Phi) is 8.52. The number of nitrogens with zero attached hydrogens (tertiary/aromatic N) is 5. The standard InChI is InChI=1S/C29H35ClN6/c1-6-36(7-2)15-14-35(5)19-22-9-11-24(12-10-22)31-29-32-28-21(4)17-23(18-27(28)33-34-29)25-16-20(3)8-13-26(25)30/h8-13,16-18H,6-7,14-15,19H2,1-5H3,(H,31,32,34).